The molecule has 0 spiro atoms. The lowest BCUT2D eigenvalue weighted by Crippen LogP contribution is -2.29. The van der Waals surface area contributed by atoms with Gasteiger partial charge in [-0.3, -0.25) is 4.79 Å². The smallest absolute Gasteiger partial charge is 0.263 e. The van der Waals surface area contributed by atoms with Crippen LogP contribution in [0, 0.1) is 0 Å². The van der Waals surface area contributed by atoms with Gasteiger partial charge in [-0.2, -0.15) is 0 Å². The zero-order chi connectivity index (χ0) is 12.6. The predicted molar refractivity (Wildman–Crippen MR) is 74.4 cm³/mol. The molecule has 0 aliphatic heterocycles. The highest BCUT2D eigenvalue weighted by Crippen LogP contribution is 2.36. The van der Waals surface area contributed by atoms with Gasteiger partial charge < -0.3 is 5.32 Å². The number of halogens is 2. The minimum Gasteiger partial charge on any atom is -0.349 e. The Hall–Kier alpha value is -0.770. The summed E-state index contributed by atoms with van der Waals surface area (Å²) in [6.45, 7) is 3.83. The van der Waals surface area contributed by atoms with Crippen LogP contribution < -0.4 is 5.32 Å². The third-order valence-corrected chi connectivity index (χ3v) is 4.11. The van der Waals surface area contributed by atoms with Crippen molar-refractivity contribution in [3.63, 3.8) is 0 Å². The molecule has 0 aliphatic carbocycles. The summed E-state index contributed by atoms with van der Waals surface area (Å²) in [7, 11) is 0. The summed E-state index contributed by atoms with van der Waals surface area (Å²) in [5.74, 6) is -0.137. The van der Waals surface area contributed by atoms with E-state index in [9.17, 15) is 4.79 Å². The van der Waals surface area contributed by atoms with Crippen molar-refractivity contribution in [2.45, 2.75) is 19.9 Å². The van der Waals surface area contributed by atoms with Crippen molar-refractivity contribution < 1.29 is 4.79 Å². The molecule has 1 aromatic carbocycles. The summed E-state index contributed by atoms with van der Waals surface area (Å²) in [5.41, 5.74) is 0. The first-order valence-electron chi connectivity index (χ1n) is 5.17. The van der Waals surface area contributed by atoms with E-state index in [1.165, 1.54) is 11.3 Å². The van der Waals surface area contributed by atoms with Crippen LogP contribution >= 0.6 is 34.5 Å². The molecule has 0 atom stereocenters. The van der Waals surface area contributed by atoms with E-state index in [4.69, 9.17) is 23.2 Å². The molecule has 2 nitrogen and oxygen atoms in total. The van der Waals surface area contributed by atoms with Gasteiger partial charge in [0.1, 0.15) is 4.88 Å². The molecule has 0 aliphatic rings. The first kappa shape index (κ1) is 12.7. The van der Waals surface area contributed by atoms with Crippen LogP contribution in [0.15, 0.2) is 18.2 Å². The Balaban J connectivity index is 2.48. The highest BCUT2D eigenvalue weighted by atomic mass is 35.5. The van der Waals surface area contributed by atoms with Gasteiger partial charge in [0.25, 0.3) is 5.91 Å². The minimum atomic E-state index is -0.137. The fourth-order valence-corrected chi connectivity index (χ4v) is 3.21. The zero-order valence-corrected chi connectivity index (χ0v) is 11.7. The van der Waals surface area contributed by atoms with Gasteiger partial charge in [-0.1, -0.05) is 29.3 Å². The third kappa shape index (κ3) is 2.57. The highest BCUT2D eigenvalue weighted by Gasteiger charge is 2.17. The van der Waals surface area contributed by atoms with Gasteiger partial charge in [-0.05, 0) is 26.0 Å². The van der Waals surface area contributed by atoms with Gasteiger partial charge in [-0.15, -0.1) is 11.3 Å². The number of hydrogen-bond acceptors (Lipinski definition) is 2. The molecule has 0 bridgehead atoms. The molecule has 17 heavy (non-hydrogen) atoms. The predicted octanol–water partition coefficient (Wildman–Crippen LogP) is 4.35. The van der Waals surface area contributed by atoms with E-state index in [0.717, 1.165) is 10.1 Å². The quantitative estimate of drug-likeness (QED) is 0.874. The molecule has 0 unspecified atom stereocenters. The van der Waals surface area contributed by atoms with Crippen LogP contribution in [0.5, 0.6) is 0 Å². The molecule has 1 heterocycles. The molecule has 2 rings (SSSR count). The van der Waals surface area contributed by atoms with Gasteiger partial charge in [-0.25, -0.2) is 0 Å². The van der Waals surface area contributed by atoms with Crippen molar-refractivity contribution in [1.82, 2.24) is 5.32 Å². The normalized spacial score (nSPS) is 11.1. The number of rotatable bonds is 2. The molecular weight excluding hydrogens is 277 g/mol. The monoisotopic (exact) mass is 287 g/mol. The minimum absolute atomic E-state index is 0.0902. The number of amides is 1. The van der Waals surface area contributed by atoms with Crippen LogP contribution in [0.25, 0.3) is 10.1 Å². The summed E-state index contributed by atoms with van der Waals surface area (Å²) in [4.78, 5) is 12.5. The lowest BCUT2D eigenvalue weighted by molar-refractivity contribution is 0.0947. The van der Waals surface area contributed by atoms with Crippen LogP contribution in [0.3, 0.4) is 0 Å². The van der Waals surface area contributed by atoms with E-state index in [1.54, 1.807) is 6.07 Å². The maximum atomic E-state index is 11.9. The molecule has 2 aromatic rings. The van der Waals surface area contributed by atoms with E-state index in [2.05, 4.69) is 5.32 Å². The Morgan fingerprint density at radius 1 is 1.35 bits per heavy atom. The van der Waals surface area contributed by atoms with E-state index < -0.39 is 0 Å². The largest absolute Gasteiger partial charge is 0.349 e. The van der Waals surface area contributed by atoms with Crippen molar-refractivity contribution in [1.29, 1.82) is 0 Å². The fourth-order valence-electron chi connectivity index (χ4n) is 1.51. The van der Waals surface area contributed by atoms with Crippen molar-refractivity contribution in [2.24, 2.45) is 0 Å². The number of benzene rings is 1. The van der Waals surface area contributed by atoms with Crippen LogP contribution in [-0.4, -0.2) is 11.9 Å². The summed E-state index contributed by atoms with van der Waals surface area (Å²) in [6, 6.07) is 5.52. The molecule has 1 N–H and O–H groups in total. The van der Waals surface area contributed by atoms with Crippen molar-refractivity contribution in [2.75, 3.05) is 0 Å². The number of carbonyl (C=O) groups excluding carboxylic acids is 1. The molecule has 0 saturated heterocycles. The maximum absolute atomic E-state index is 11.9. The first-order chi connectivity index (χ1) is 7.99. The second kappa shape index (κ2) is 4.84. The van der Waals surface area contributed by atoms with E-state index in [0.29, 0.717) is 14.9 Å². The molecule has 0 fully saturated rings. The van der Waals surface area contributed by atoms with E-state index >= 15 is 0 Å². The van der Waals surface area contributed by atoms with Crippen molar-refractivity contribution >= 4 is 50.5 Å². The van der Waals surface area contributed by atoms with Crippen LogP contribution in [0.4, 0.5) is 0 Å². The molecule has 0 saturated carbocycles. The average molecular weight is 288 g/mol. The molecule has 1 amide bonds. The molecule has 1 aromatic heterocycles. The van der Waals surface area contributed by atoms with Crippen LogP contribution in [-0.2, 0) is 0 Å². The Morgan fingerprint density at radius 2 is 2.06 bits per heavy atom. The maximum Gasteiger partial charge on any atom is 0.263 e. The van der Waals surface area contributed by atoms with E-state index in [-0.39, 0.29) is 11.9 Å². The van der Waals surface area contributed by atoms with Gasteiger partial charge in [0.05, 0.1) is 5.02 Å². The van der Waals surface area contributed by atoms with Gasteiger partial charge in [0.2, 0.25) is 0 Å². The fraction of sp³-hybridized carbons (Fsp3) is 0.250. The molecule has 90 valence electrons. The standard InChI is InChI=1S/C12H11Cl2NOS/c1-6(2)15-12(16)11-10(14)8-4-3-7(13)5-9(8)17-11/h3-6H,1-2H3,(H,15,16). The summed E-state index contributed by atoms with van der Waals surface area (Å²) < 4.78 is 0.927. The number of hydrogen-bond donors (Lipinski definition) is 1. The second-order valence-corrected chi connectivity index (χ2v) is 5.88. The Kier molecular flexibility index (Phi) is 3.61. The number of carbonyl (C=O) groups is 1. The summed E-state index contributed by atoms with van der Waals surface area (Å²) in [5, 5.41) is 4.84. The SMILES string of the molecule is CC(C)NC(=O)c1sc2cc(Cl)ccc2c1Cl. The van der Waals surface area contributed by atoms with Crippen LogP contribution in [0.2, 0.25) is 10.0 Å². The van der Waals surface area contributed by atoms with Crippen molar-refractivity contribution in [3.05, 3.63) is 33.1 Å². The Labute approximate surface area is 114 Å². The Bertz CT molecular complexity index is 577. The average Bonchev–Trinajstić information content (AvgIpc) is 2.54. The second-order valence-electron chi connectivity index (χ2n) is 4.01. The highest BCUT2D eigenvalue weighted by molar-refractivity contribution is 7.21. The summed E-state index contributed by atoms with van der Waals surface area (Å²) >= 11 is 13.5. The zero-order valence-electron chi connectivity index (χ0n) is 9.38. The Morgan fingerprint density at radius 3 is 2.71 bits per heavy atom. The lowest BCUT2D eigenvalue weighted by Gasteiger charge is -2.06. The summed E-state index contributed by atoms with van der Waals surface area (Å²) in [6.07, 6.45) is 0. The number of fused-ring (bicyclic) bond motifs is 1. The van der Waals surface area contributed by atoms with Gasteiger partial charge >= 0.3 is 0 Å². The van der Waals surface area contributed by atoms with Gasteiger partial charge in [0, 0.05) is 21.2 Å². The number of nitrogens with one attached hydrogen (secondary N) is 1. The molecule has 0 radical (unpaired) electrons. The first-order valence-corrected chi connectivity index (χ1v) is 6.74. The lowest BCUT2D eigenvalue weighted by atomic mass is 10.2. The number of thiophene rings is 1. The molecular formula is C12H11Cl2NOS. The van der Waals surface area contributed by atoms with Crippen molar-refractivity contribution in [3.8, 4) is 0 Å². The van der Waals surface area contributed by atoms with E-state index in [1.807, 2.05) is 26.0 Å². The van der Waals surface area contributed by atoms with Gasteiger partial charge in [0.15, 0.2) is 0 Å². The molecule has 5 heteroatoms. The third-order valence-electron chi connectivity index (χ3n) is 2.22. The van der Waals surface area contributed by atoms with Crippen LogP contribution in [0.1, 0.15) is 23.5 Å². The topological polar surface area (TPSA) is 29.1 Å².